The molecule has 0 spiro atoms. The molecule has 1 aliphatic carbocycles. The van der Waals surface area contributed by atoms with Crippen LogP contribution in [-0.4, -0.2) is 59.0 Å². The third-order valence-electron chi connectivity index (χ3n) is 5.57. The summed E-state index contributed by atoms with van der Waals surface area (Å²) in [7, 11) is 0. The molecule has 28 heavy (non-hydrogen) atoms. The van der Waals surface area contributed by atoms with Crippen molar-refractivity contribution in [3.05, 3.63) is 65.2 Å². The summed E-state index contributed by atoms with van der Waals surface area (Å²) in [5.74, 6) is 0.169. The minimum Gasteiger partial charge on any atom is -0.394 e. The van der Waals surface area contributed by atoms with Crippen molar-refractivity contribution in [2.45, 2.75) is 25.4 Å². The number of urea groups is 1. The first-order valence-electron chi connectivity index (χ1n) is 9.75. The molecule has 0 bridgehead atoms. The Labute approximate surface area is 164 Å². The lowest BCUT2D eigenvalue weighted by molar-refractivity contribution is 0.0623. The lowest BCUT2D eigenvalue weighted by Crippen LogP contribution is -2.57. The second-order valence-electron chi connectivity index (χ2n) is 7.48. The standard InChI is InChI=1S/C22H25N3O3/c26-15-19-14-24(13-16-4-2-1-3-5-16)10-11-25(19)22(28)23-18-7-8-20-17(12-18)6-9-21(20)27/h1-5,7-8,12,19,26H,6,9-11,13-15H2,(H,23,28)/t19-/m0/s1. The predicted molar refractivity (Wildman–Crippen MR) is 107 cm³/mol. The van der Waals surface area contributed by atoms with Gasteiger partial charge >= 0.3 is 6.03 Å². The minimum atomic E-state index is -0.242. The maximum absolute atomic E-state index is 12.8. The third kappa shape index (κ3) is 3.93. The summed E-state index contributed by atoms with van der Waals surface area (Å²) in [6.45, 7) is 2.70. The number of amides is 2. The molecule has 0 aromatic heterocycles. The van der Waals surface area contributed by atoms with Gasteiger partial charge in [-0.2, -0.15) is 0 Å². The molecule has 0 saturated carbocycles. The number of aliphatic hydroxyl groups excluding tert-OH is 1. The number of benzene rings is 2. The molecule has 6 heteroatoms. The van der Waals surface area contributed by atoms with E-state index in [1.165, 1.54) is 5.56 Å². The number of hydrogen-bond donors (Lipinski definition) is 2. The van der Waals surface area contributed by atoms with E-state index in [0.29, 0.717) is 25.2 Å². The molecule has 4 rings (SSSR count). The molecular formula is C22H25N3O3. The highest BCUT2D eigenvalue weighted by Gasteiger charge is 2.30. The van der Waals surface area contributed by atoms with Gasteiger partial charge in [0.05, 0.1) is 12.6 Å². The van der Waals surface area contributed by atoms with Crippen LogP contribution in [0.15, 0.2) is 48.5 Å². The monoisotopic (exact) mass is 379 g/mol. The summed E-state index contributed by atoms with van der Waals surface area (Å²) in [6, 6.07) is 15.2. The second-order valence-corrected chi connectivity index (χ2v) is 7.48. The molecule has 6 nitrogen and oxygen atoms in total. The van der Waals surface area contributed by atoms with E-state index < -0.39 is 0 Å². The summed E-state index contributed by atoms with van der Waals surface area (Å²) in [4.78, 5) is 28.5. The molecule has 2 N–H and O–H groups in total. The Balaban J connectivity index is 1.38. The van der Waals surface area contributed by atoms with Crippen LogP contribution in [0.1, 0.15) is 27.9 Å². The van der Waals surface area contributed by atoms with Gasteiger partial charge in [-0.3, -0.25) is 9.69 Å². The van der Waals surface area contributed by atoms with Gasteiger partial charge in [0.1, 0.15) is 0 Å². The topological polar surface area (TPSA) is 72.9 Å². The van der Waals surface area contributed by atoms with Crippen LogP contribution in [0.5, 0.6) is 0 Å². The van der Waals surface area contributed by atoms with Crippen molar-refractivity contribution in [3.8, 4) is 0 Å². The maximum Gasteiger partial charge on any atom is 0.322 e. The summed E-state index contributed by atoms with van der Waals surface area (Å²) in [5, 5.41) is 12.8. The molecule has 1 saturated heterocycles. The zero-order chi connectivity index (χ0) is 19.5. The second kappa shape index (κ2) is 8.12. The largest absolute Gasteiger partial charge is 0.394 e. The molecule has 2 amide bonds. The fraction of sp³-hybridized carbons (Fsp3) is 0.364. The predicted octanol–water partition coefficient (Wildman–Crippen LogP) is 2.53. The highest BCUT2D eigenvalue weighted by molar-refractivity contribution is 6.01. The first kappa shape index (κ1) is 18.7. The lowest BCUT2D eigenvalue weighted by atomic mass is 10.1. The number of aliphatic hydroxyl groups is 1. The van der Waals surface area contributed by atoms with Gasteiger partial charge < -0.3 is 15.3 Å². The van der Waals surface area contributed by atoms with Crippen LogP contribution in [0.3, 0.4) is 0 Å². The van der Waals surface area contributed by atoms with Gasteiger partial charge in [-0.05, 0) is 35.7 Å². The number of nitrogens with zero attached hydrogens (tertiary/aromatic N) is 2. The van der Waals surface area contributed by atoms with Crippen LogP contribution in [0.25, 0.3) is 0 Å². The van der Waals surface area contributed by atoms with Gasteiger partial charge in [-0.15, -0.1) is 0 Å². The Kier molecular flexibility index (Phi) is 5.41. The van der Waals surface area contributed by atoms with Crippen molar-refractivity contribution in [2.75, 3.05) is 31.6 Å². The fourth-order valence-corrected chi connectivity index (χ4v) is 4.06. The molecule has 0 radical (unpaired) electrons. The first-order valence-corrected chi connectivity index (χ1v) is 9.75. The van der Waals surface area contributed by atoms with Gasteiger partial charge in [0.15, 0.2) is 5.78 Å². The number of carbonyl (C=O) groups is 2. The first-order chi connectivity index (χ1) is 13.6. The van der Waals surface area contributed by atoms with E-state index in [1.807, 2.05) is 24.3 Å². The lowest BCUT2D eigenvalue weighted by Gasteiger charge is -2.40. The smallest absolute Gasteiger partial charge is 0.322 e. The van der Waals surface area contributed by atoms with Gasteiger partial charge in [0, 0.05) is 43.9 Å². The minimum absolute atomic E-state index is 0.0720. The zero-order valence-corrected chi connectivity index (χ0v) is 15.8. The van der Waals surface area contributed by atoms with Crippen LogP contribution in [0.4, 0.5) is 10.5 Å². The van der Waals surface area contributed by atoms with Crippen molar-refractivity contribution in [1.82, 2.24) is 9.80 Å². The Hall–Kier alpha value is -2.70. The van der Waals surface area contributed by atoms with E-state index in [4.69, 9.17) is 0 Å². The molecule has 0 unspecified atom stereocenters. The number of nitrogens with one attached hydrogen (secondary N) is 1. The highest BCUT2D eigenvalue weighted by atomic mass is 16.3. The van der Waals surface area contributed by atoms with Crippen molar-refractivity contribution in [1.29, 1.82) is 0 Å². The molecule has 2 aromatic rings. The zero-order valence-electron chi connectivity index (χ0n) is 15.8. The Morgan fingerprint density at radius 1 is 1.11 bits per heavy atom. The van der Waals surface area contributed by atoms with Gasteiger partial charge in [-0.25, -0.2) is 4.79 Å². The Morgan fingerprint density at radius 3 is 2.71 bits per heavy atom. The van der Waals surface area contributed by atoms with Crippen molar-refractivity contribution < 1.29 is 14.7 Å². The maximum atomic E-state index is 12.8. The summed E-state index contributed by atoms with van der Waals surface area (Å²) in [6.07, 6.45) is 1.28. The summed E-state index contributed by atoms with van der Waals surface area (Å²) in [5.41, 5.74) is 3.68. The molecule has 1 fully saturated rings. The molecule has 146 valence electrons. The van der Waals surface area contributed by atoms with Crippen molar-refractivity contribution in [2.24, 2.45) is 0 Å². The average molecular weight is 379 g/mol. The number of rotatable bonds is 4. The quantitative estimate of drug-likeness (QED) is 0.856. The van der Waals surface area contributed by atoms with Crippen LogP contribution < -0.4 is 5.32 Å². The Bertz CT molecular complexity index is 869. The van der Waals surface area contributed by atoms with E-state index in [2.05, 4.69) is 22.3 Å². The summed E-state index contributed by atoms with van der Waals surface area (Å²) >= 11 is 0. The molecule has 1 heterocycles. The average Bonchev–Trinajstić information content (AvgIpc) is 3.08. The Morgan fingerprint density at radius 2 is 1.93 bits per heavy atom. The molecular weight excluding hydrogens is 354 g/mol. The number of fused-ring (bicyclic) bond motifs is 1. The van der Waals surface area contributed by atoms with E-state index in [1.54, 1.807) is 17.0 Å². The normalized spacial score (nSPS) is 19.5. The van der Waals surface area contributed by atoms with Crippen LogP contribution in [-0.2, 0) is 13.0 Å². The fourth-order valence-electron chi connectivity index (χ4n) is 4.06. The van der Waals surface area contributed by atoms with E-state index in [9.17, 15) is 14.7 Å². The van der Waals surface area contributed by atoms with Gasteiger partial charge in [0.2, 0.25) is 0 Å². The molecule has 2 aromatic carbocycles. The third-order valence-corrected chi connectivity index (χ3v) is 5.57. The number of ketones is 1. The van der Waals surface area contributed by atoms with E-state index in [-0.39, 0.29) is 24.5 Å². The van der Waals surface area contributed by atoms with Crippen LogP contribution in [0, 0.1) is 0 Å². The van der Waals surface area contributed by atoms with E-state index >= 15 is 0 Å². The molecule has 1 atom stereocenters. The number of hydrogen-bond acceptors (Lipinski definition) is 4. The van der Waals surface area contributed by atoms with Gasteiger partial charge in [-0.1, -0.05) is 30.3 Å². The van der Waals surface area contributed by atoms with Crippen LogP contribution in [0.2, 0.25) is 0 Å². The van der Waals surface area contributed by atoms with E-state index in [0.717, 1.165) is 30.6 Å². The summed E-state index contributed by atoms with van der Waals surface area (Å²) < 4.78 is 0. The van der Waals surface area contributed by atoms with Gasteiger partial charge in [0.25, 0.3) is 0 Å². The van der Waals surface area contributed by atoms with Crippen LogP contribution >= 0.6 is 0 Å². The molecule has 1 aliphatic heterocycles. The molecule has 2 aliphatic rings. The number of aryl methyl sites for hydroxylation is 1. The van der Waals surface area contributed by atoms with Crippen molar-refractivity contribution >= 4 is 17.5 Å². The number of anilines is 1. The number of Topliss-reactive ketones (excluding diaryl/α,β-unsaturated/α-hetero) is 1. The SMILES string of the molecule is O=C1CCc2cc(NC(=O)N3CCN(Cc4ccccc4)C[C@H]3CO)ccc21. The van der Waals surface area contributed by atoms with Crippen molar-refractivity contribution in [3.63, 3.8) is 0 Å². The number of carbonyl (C=O) groups excluding carboxylic acids is 2. The highest BCUT2D eigenvalue weighted by Crippen LogP contribution is 2.25. The number of piperazine rings is 1.